The van der Waals surface area contributed by atoms with Gasteiger partial charge in [0.15, 0.2) is 0 Å². The van der Waals surface area contributed by atoms with Gasteiger partial charge in [0.25, 0.3) is 5.91 Å². The number of aromatic nitrogens is 1. The van der Waals surface area contributed by atoms with Crippen LogP contribution in [0.15, 0.2) is 23.0 Å². The number of carbonyl (C=O) groups excluding carboxylic acids is 1. The number of pyridine rings is 1. The average Bonchev–Trinajstić information content (AvgIpc) is 2.34. The maximum absolute atomic E-state index is 11.8. The summed E-state index contributed by atoms with van der Waals surface area (Å²) in [7, 11) is 1.66. The van der Waals surface area contributed by atoms with Gasteiger partial charge in [-0.1, -0.05) is 19.9 Å². The van der Waals surface area contributed by atoms with Crippen molar-refractivity contribution in [2.24, 2.45) is 5.41 Å². The maximum atomic E-state index is 11.8. The number of carbonyl (C=O) groups is 1. The molecule has 18 heavy (non-hydrogen) atoms. The largest absolute Gasteiger partial charge is 0.385 e. The fraction of sp³-hybridized carbons (Fsp3) is 0.538. The lowest BCUT2D eigenvalue weighted by atomic mass is 9.89. The zero-order valence-electron chi connectivity index (χ0n) is 11.1. The summed E-state index contributed by atoms with van der Waals surface area (Å²) in [5, 5.41) is 2.81. The Morgan fingerprint density at radius 2 is 2.17 bits per heavy atom. The summed E-state index contributed by atoms with van der Waals surface area (Å²) in [5.41, 5.74) is -0.0351. The zero-order valence-corrected chi connectivity index (χ0v) is 11.1. The van der Waals surface area contributed by atoms with Crippen molar-refractivity contribution in [1.29, 1.82) is 0 Å². The molecule has 0 saturated carbocycles. The molecule has 1 aromatic rings. The van der Waals surface area contributed by atoms with Crippen LogP contribution in [0.5, 0.6) is 0 Å². The number of methoxy groups -OCH3 is 1. The molecular formula is C13H20N2O3. The molecule has 0 aliphatic heterocycles. The highest BCUT2D eigenvalue weighted by Gasteiger charge is 2.19. The Morgan fingerprint density at radius 3 is 2.78 bits per heavy atom. The molecule has 1 aromatic heterocycles. The summed E-state index contributed by atoms with van der Waals surface area (Å²) in [5.74, 6) is -0.266. The van der Waals surface area contributed by atoms with E-state index in [0.29, 0.717) is 13.2 Å². The first-order valence-electron chi connectivity index (χ1n) is 5.91. The first-order valence-corrected chi connectivity index (χ1v) is 5.91. The lowest BCUT2D eigenvalue weighted by Gasteiger charge is -2.24. The Labute approximate surface area is 107 Å². The van der Waals surface area contributed by atoms with Gasteiger partial charge in [0, 0.05) is 26.3 Å². The third kappa shape index (κ3) is 4.71. The first kappa shape index (κ1) is 14.4. The predicted molar refractivity (Wildman–Crippen MR) is 69.7 cm³/mol. The Kier molecular flexibility index (Phi) is 5.09. The molecule has 0 atom stereocenters. The van der Waals surface area contributed by atoms with Crippen LogP contribution in [0, 0.1) is 5.41 Å². The van der Waals surface area contributed by atoms with Crippen molar-refractivity contribution in [2.45, 2.75) is 20.3 Å². The highest BCUT2D eigenvalue weighted by molar-refractivity contribution is 5.92. The van der Waals surface area contributed by atoms with Crippen LogP contribution in [-0.2, 0) is 4.74 Å². The number of amides is 1. The molecule has 5 nitrogen and oxygen atoms in total. The van der Waals surface area contributed by atoms with E-state index >= 15 is 0 Å². The summed E-state index contributed by atoms with van der Waals surface area (Å²) in [6.45, 7) is 5.30. The van der Waals surface area contributed by atoms with Crippen LogP contribution in [0.3, 0.4) is 0 Å². The number of rotatable bonds is 6. The molecule has 0 aliphatic carbocycles. The normalized spacial score (nSPS) is 11.3. The Morgan fingerprint density at radius 1 is 1.44 bits per heavy atom. The monoisotopic (exact) mass is 252 g/mol. The molecule has 2 N–H and O–H groups in total. The molecule has 0 radical (unpaired) electrons. The van der Waals surface area contributed by atoms with E-state index < -0.39 is 0 Å². The summed E-state index contributed by atoms with van der Waals surface area (Å²) in [6, 6.07) is 4.52. The van der Waals surface area contributed by atoms with Gasteiger partial charge in [-0.15, -0.1) is 0 Å². The molecule has 0 aliphatic rings. The number of hydrogen-bond acceptors (Lipinski definition) is 3. The fourth-order valence-corrected chi connectivity index (χ4v) is 1.46. The topological polar surface area (TPSA) is 71.2 Å². The van der Waals surface area contributed by atoms with Crippen molar-refractivity contribution >= 4 is 5.91 Å². The third-order valence-electron chi connectivity index (χ3n) is 2.72. The number of nitrogens with one attached hydrogen (secondary N) is 2. The van der Waals surface area contributed by atoms with Crippen LogP contribution in [0.25, 0.3) is 0 Å². The molecular weight excluding hydrogens is 232 g/mol. The molecule has 1 rings (SSSR count). The van der Waals surface area contributed by atoms with Gasteiger partial charge in [-0.3, -0.25) is 9.59 Å². The van der Waals surface area contributed by atoms with Crippen molar-refractivity contribution in [3.05, 3.63) is 34.2 Å². The van der Waals surface area contributed by atoms with E-state index in [2.05, 4.69) is 24.1 Å². The predicted octanol–water partition coefficient (Wildman–Crippen LogP) is 1.17. The van der Waals surface area contributed by atoms with Gasteiger partial charge in [-0.25, -0.2) is 0 Å². The Bertz CT molecular complexity index is 452. The van der Waals surface area contributed by atoms with Crippen LogP contribution >= 0.6 is 0 Å². The molecule has 0 aromatic carbocycles. The SMILES string of the molecule is COCCC(C)(C)CNC(=O)c1cccc(=O)[nH]1. The third-order valence-corrected chi connectivity index (χ3v) is 2.72. The molecule has 1 amide bonds. The minimum absolute atomic E-state index is 0.0409. The second-order valence-corrected chi connectivity index (χ2v) is 5.02. The fourth-order valence-electron chi connectivity index (χ4n) is 1.46. The average molecular weight is 252 g/mol. The smallest absolute Gasteiger partial charge is 0.267 e. The summed E-state index contributed by atoms with van der Waals surface area (Å²) in [4.78, 5) is 25.4. The van der Waals surface area contributed by atoms with E-state index in [1.807, 2.05) is 0 Å². The zero-order chi connectivity index (χ0) is 13.6. The summed E-state index contributed by atoms with van der Waals surface area (Å²) in [6.07, 6.45) is 0.856. The molecule has 0 bridgehead atoms. The van der Waals surface area contributed by atoms with E-state index in [4.69, 9.17) is 4.74 Å². The lowest BCUT2D eigenvalue weighted by molar-refractivity contribution is 0.0916. The molecule has 0 fully saturated rings. The van der Waals surface area contributed by atoms with Crippen molar-refractivity contribution in [3.63, 3.8) is 0 Å². The van der Waals surface area contributed by atoms with E-state index in [0.717, 1.165) is 6.42 Å². The van der Waals surface area contributed by atoms with Crippen LogP contribution < -0.4 is 10.9 Å². The van der Waals surface area contributed by atoms with Crippen molar-refractivity contribution in [3.8, 4) is 0 Å². The number of ether oxygens (including phenoxy) is 1. The van der Waals surface area contributed by atoms with Crippen LogP contribution in [-0.4, -0.2) is 31.2 Å². The second kappa shape index (κ2) is 6.35. The highest BCUT2D eigenvalue weighted by Crippen LogP contribution is 2.18. The minimum Gasteiger partial charge on any atom is -0.385 e. The van der Waals surface area contributed by atoms with E-state index in [9.17, 15) is 9.59 Å². The van der Waals surface area contributed by atoms with Gasteiger partial charge in [0.05, 0.1) is 0 Å². The van der Waals surface area contributed by atoms with Gasteiger partial charge >= 0.3 is 0 Å². The first-order chi connectivity index (χ1) is 8.44. The van der Waals surface area contributed by atoms with Crippen LogP contribution in [0.2, 0.25) is 0 Å². The molecule has 100 valence electrons. The Hall–Kier alpha value is -1.62. The van der Waals surface area contributed by atoms with Crippen LogP contribution in [0.1, 0.15) is 30.8 Å². The van der Waals surface area contributed by atoms with Gasteiger partial charge < -0.3 is 15.0 Å². The van der Waals surface area contributed by atoms with Crippen LogP contribution in [0.4, 0.5) is 0 Å². The van der Waals surface area contributed by atoms with E-state index in [1.165, 1.54) is 6.07 Å². The maximum Gasteiger partial charge on any atom is 0.267 e. The van der Waals surface area contributed by atoms with Crippen molar-refractivity contribution in [2.75, 3.05) is 20.3 Å². The van der Waals surface area contributed by atoms with E-state index in [-0.39, 0.29) is 22.6 Å². The second-order valence-electron chi connectivity index (χ2n) is 5.02. The summed E-state index contributed by atoms with van der Waals surface area (Å²) < 4.78 is 5.02. The quantitative estimate of drug-likeness (QED) is 0.798. The molecule has 0 spiro atoms. The van der Waals surface area contributed by atoms with Crippen molar-refractivity contribution in [1.82, 2.24) is 10.3 Å². The number of H-pyrrole nitrogens is 1. The molecule has 5 heteroatoms. The van der Waals surface area contributed by atoms with Gasteiger partial charge in [0.1, 0.15) is 5.69 Å². The van der Waals surface area contributed by atoms with Crippen molar-refractivity contribution < 1.29 is 9.53 Å². The van der Waals surface area contributed by atoms with Gasteiger partial charge in [-0.2, -0.15) is 0 Å². The minimum atomic E-state index is -0.277. The van der Waals surface area contributed by atoms with E-state index in [1.54, 1.807) is 19.2 Å². The van der Waals surface area contributed by atoms with Gasteiger partial charge in [0.2, 0.25) is 5.56 Å². The molecule has 0 unspecified atom stereocenters. The molecule has 0 saturated heterocycles. The highest BCUT2D eigenvalue weighted by atomic mass is 16.5. The summed E-state index contributed by atoms with van der Waals surface area (Å²) >= 11 is 0. The number of aromatic amines is 1. The standard InChI is InChI=1S/C13H20N2O3/c1-13(2,7-8-18-3)9-14-12(17)10-5-4-6-11(16)15-10/h4-6H,7-9H2,1-3H3,(H,14,17)(H,15,16). The molecule has 1 heterocycles. The number of hydrogen-bond donors (Lipinski definition) is 2. The van der Waals surface area contributed by atoms with Gasteiger partial charge in [-0.05, 0) is 17.9 Å². The lowest BCUT2D eigenvalue weighted by Crippen LogP contribution is -2.35. The Balaban J connectivity index is 2.53.